The lowest BCUT2D eigenvalue weighted by molar-refractivity contribution is -0.134. The Morgan fingerprint density at radius 2 is 1.62 bits per heavy atom. The molecular formula is C34H57N3O5. The third-order valence-corrected chi connectivity index (χ3v) is 8.46. The Morgan fingerprint density at radius 3 is 2.19 bits per heavy atom. The fourth-order valence-corrected chi connectivity index (χ4v) is 5.71. The number of aliphatic hydroxyl groups excluding tert-OH is 1. The smallest absolute Gasteiger partial charge is 0.407 e. The van der Waals surface area contributed by atoms with E-state index in [2.05, 4.69) is 16.0 Å². The number of amides is 3. The number of hydrogen-bond donors (Lipinski definition) is 4. The van der Waals surface area contributed by atoms with Gasteiger partial charge in [-0.15, -0.1) is 0 Å². The molecule has 2 rings (SSSR count). The molecule has 0 saturated heterocycles. The molecule has 1 fully saturated rings. The summed E-state index contributed by atoms with van der Waals surface area (Å²) in [5.41, 5.74) is 0.482. The number of alkyl carbamates (subject to hydrolysis) is 1. The van der Waals surface area contributed by atoms with E-state index >= 15 is 0 Å². The van der Waals surface area contributed by atoms with E-state index in [9.17, 15) is 19.5 Å². The van der Waals surface area contributed by atoms with Gasteiger partial charge in [0.05, 0.1) is 12.1 Å². The second kappa shape index (κ2) is 17.5. The van der Waals surface area contributed by atoms with Crippen molar-refractivity contribution in [2.24, 2.45) is 23.7 Å². The number of ether oxygens (including phenoxy) is 1. The van der Waals surface area contributed by atoms with E-state index in [0.29, 0.717) is 25.3 Å². The molecule has 0 heterocycles. The summed E-state index contributed by atoms with van der Waals surface area (Å²) in [6.45, 7) is 13.8. The van der Waals surface area contributed by atoms with Gasteiger partial charge in [0.25, 0.3) is 0 Å². The third kappa shape index (κ3) is 12.7. The van der Waals surface area contributed by atoms with E-state index in [1.165, 1.54) is 6.42 Å². The molecule has 0 aliphatic heterocycles. The molecule has 1 aliphatic rings. The zero-order valence-corrected chi connectivity index (χ0v) is 27.1. The van der Waals surface area contributed by atoms with Crippen molar-refractivity contribution in [2.75, 3.05) is 6.54 Å². The third-order valence-electron chi connectivity index (χ3n) is 8.46. The maximum atomic E-state index is 13.7. The average molecular weight is 588 g/mol. The van der Waals surface area contributed by atoms with E-state index in [-0.39, 0.29) is 30.1 Å². The van der Waals surface area contributed by atoms with E-state index in [4.69, 9.17) is 4.74 Å². The molecule has 238 valence electrons. The summed E-state index contributed by atoms with van der Waals surface area (Å²) < 4.78 is 5.50. The SMILES string of the molecule is CC[C@@H](C)[C@H](NC(=O)C(C[C@H](O)[C@H](CC1CCCCC1)NC(=O)OC(C)(C)C)C(C)C)C(=O)NCCc1ccccc1. The van der Waals surface area contributed by atoms with Gasteiger partial charge in [-0.3, -0.25) is 9.59 Å². The van der Waals surface area contributed by atoms with Crippen molar-refractivity contribution in [3.05, 3.63) is 35.9 Å². The number of carbonyl (C=O) groups is 3. The average Bonchev–Trinajstić information content (AvgIpc) is 2.93. The van der Waals surface area contributed by atoms with Gasteiger partial charge >= 0.3 is 6.09 Å². The van der Waals surface area contributed by atoms with Crippen molar-refractivity contribution >= 4 is 17.9 Å². The van der Waals surface area contributed by atoms with Crippen LogP contribution in [0.4, 0.5) is 4.79 Å². The van der Waals surface area contributed by atoms with Gasteiger partial charge in [-0.2, -0.15) is 0 Å². The molecule has 1 unspecified atom stereocenters. The first-order valence-electron chi connectivity index (χ1n) is 16.1. The predicted octanol–water partition coefficient (Wildman–Crippen LogP) is 5.76. The van der Waals surface area contributed by atoms with Crippen LogP contribution in [0.2, 0.25) is 0 Å². The molecule has 1 saturated carbocycles. The van der Waals surface area contributed by atoms with Gasteiger partial charge in [0.2, 0.25) is 11.8 Å². The van der Waals surface area contributed by atoms with E-state index in [1.54, 1.807) is 0 Å². The van der Waals surface area contributed by atoms with E-state index in [1.807, 2.05) is 78.8 Å². The van der Waals surface area contributed by atoms with Crippen molar-refractivity contribution in [1.29, 1.82) is 0 Å². The molecule has 4 N–H and O–H groups in total. The Kier molecular flexibility index (Phi) is 14.8. The summed E-state index contributed by atoms with van der Waals surface area (Å²) in [6.07, 6.45) is 6.45. The Balaban J connectivity index is 2.10. The summed E-state index contributed by atoms with van der Waals surface area (Å²) >= 11 is 0. The zero-order chi connectivity index (χ0) is 31.3. The first-order valence-corrected chi connectivity index (χ1v) is 16.1. The van der Waals surface area contributed by atoms with Crippen LogP contribution >= 0.6 is 0 Å². The topological polar surface area (TPSA) is 117 Å². The molecular weight excluding hydrogens is 530 g/mol. The highest BCUT2D eigenvalue weighted by Crippen LogP contribution is 2.30. The van der Waals surface area contributed by atoms with Gasteiger partial charge in [0.15, 0.2) is 0 Å². The Hall–Kier alpha value is -2.61. The monoisotopic (exact) mass is 587 g/mol. The minimum atomic E-state index is -0.931. The molecule has 1 aromatic carbocycles. The molecule has 0 bridgehead atoms. The molecule has 42 heavy (non-hydrogen) atoms. The molecule has 3 amide bonds. The number of aliphatic hydroxyl groups is 1. The molecule has 1 aliphatic carbocycles. The van der Waals surface area contributed by atoms with Gasteiger partial charge in [0, 0.05) is 12.5 Å². The maximum absolute atomic E-state index is 13.7. The van der Waals surface area contributed by atoms with Crippen LogP contribution in [0.3, 0.4) is 0 Å². The zero-order valence-electron chi connectivity index (χ0n) is 27.1. The lowest BCUT2D eigenvalue weighted by Gasteiger charge is -2.33. The van der Waals surface area contributed by atoms with Gasteiger partial charge < -0.3 is 25.8 Å². The van der Waals surface area contributed by atoms with Crippen molar-refractivity contribution in [2.45, 2.75) is 130 Å². The summed E-state index contributed by atoms with van der Waals surface area (Å²) in [5.74, 6) is -0.696. The van der Waals surface area contributed by atoms with Crippen LogP contribution < -0.4 is 16.0 Å². The number of benzene rings is 1. The van der Waals surface area contributed by atoms with Crippen LogP contribution in [0.1, 0.15) is 105 Å². The maximum Gasteiger partial charge on any atom is 0.407 e. The summed E-state index contributed by atoms with van der Waals surface area (Å²) in [7, 11) is 0. The molecule has 1 aromatic rings. The van der Waals surface area contributed by atoms with E-state index in [0.717, 1.165) is 37.7 Å². The summed E-state index contributed by atoms with van der Waals surface area (Å²) in [4.78, 5) is 39.6. The fourth-order valence-electron chi connectivity index (χ4n) is 5.71. The van der Waals surface area contributed by atoms with Crippen molar-refractivity contribution in [1.82, 2.24) is 16.0 Å². The fraction of sp³-hybridized carbons (Fsp3) is 0.735. The number of hydrogen-bond acceptors (Lipinski definition) is 5. The largest absolute Gasteiger partial charge is 0.444 e. The summed E-state index contributed by atoms with van der Waals surface area (Å²) in [5, 5.41) is 20.4. The minimum Gasteiger partial charge on any atom is -0.444 e. The first kappa shape index (κ1) is 35.6. The van der Waals surface area contributed by atoms with Crippen LogP contribution in [0.5, 0.6) is 0 Å². The molecule has 8 heteroatoms. The van der Waals surface area contributed by atoms with Crippen LogP contribution in [-0.2, 0) is 20.7 Å². The first-order chi connectivity index (χ1) is 19.8. The second-order valence-electron chi connectivity index (χ2n) is 13.5. The minimum absolute atomic E-state index is 0.0590. The van der Waals surface area contributed by atoms with Crippen LogP contribution in [0, 0.1) is 23.7 Å². The van der Waals surface area contributed by atoms with Crippen LogP contribution in [0.15, 0.2) is 30.3 Å². The molecule has 0 aromatic heterocycles. The molecule has 0 spiro atoms. The van der Waals surface area contributed by atoms with Gasteiger partial charge in [-0.05, 0) is 63.4 Å². The normalized spacial score (nSPS) is 17.9. The highest BCUT2D eigenvalue weighted by molar-refractivity contribution is 5.88. The quantitative estimate of drug-likeness (QED) is 0.208. The predicted molar refractivity (Wildman–Crippen MR) is 168 cm³/mol. The van der Waals surface area contributed by atoms with Crippen LogP contribution in [0.25, 0.3) is 0 Å². The highest BCUT2D eigenvalue weighted by atomic mass is 16.6. The van der Waals surface area contributed by atoms with Crippen molar-refractivity contribution < 1.29 is 24.2 Å². The molecule has 8 nitrogen and oxygen atoms in total. The van der Waals surface area contributed by atoms with Gasteiger partial charge in [0.1, 0.15) is 11.6 Å². The molecule has 0 radical (unpaired) electrons. The lowest BCUT2D eigenvalue weighted by Crippen LogP contribution is -2.53. The summed E-state index contributed by atoms with van der Waals surface area (Å²) in [6, 6.07) is 8.77. The highest BCUT2D eigenvalue weighted by Gasteiger charge is 2.35. The lowest BCUT2D eigenvalue weighted by atomic mass is 9.81. The van der Waals surface area contributed by atoms with E-state index < -0.39 is 35.8 Å². The van der Waals surface area contributed by atoms with Crippen LogP contribution in [-0.4, -0.2) is 53.3 Å². The Bertz CT molecular complexity index is 956. The van der Waals surface area contributed by atoms with Gasteiger partial charge in [-0.25, -0.2) is 4.79 Å². The molecule has 5 atom stereocenters. The van der Waals surface area contributed by atoms with Crippen molar-refractivity contribution in [3.8, 4) is 0 Å². The van der Waals surface area contributed by atoms with Crippen molar-refractivity contribution in [3.63, 3.8) is 0 Å². The second-order valence-corrected chi connectivity index (χ2v) is 13.5. The van der Waals surface area contributed by atoms with Gasteiger partial charge in [-0.1, -0.05) is 96.6 Å². The Labute approximate surface area is 254 Å². The standard InChI is InChI=1S/C34H57N3O5/c1-8-24(4)30(32(40)35-20-19-25-15-11-9-12-16-25)37-31(39)27(23(2)3)22-29(38)28(21-26-17-13-10-14-18-26)36-33(41)42-34(5,6)7/h9,11-12,15-16,23-24,26-30,38H,8,10,13-14,17-22H2,1-7H3,(H,35,40)(H,36,41)(H,37,39)/t24-,27?,28+,29+,30+/m1/s1. The Morgan fingerprint density at radius 1 is 0.976 bits per heavy atom. The number of carbonyl (C=O) groups excluding carboxylic acids is 3. The number of nitrogens with one attached hydrogen (secondary N) is 3. The number of rotatable bonds is 15.